The van der Waals surface area contributed by atoms with Gasteiger partial charge < -0.3 is 5.32 Å². The van der Waals surface area contributed by atoms with Gasteiger partial charge in [0.2, 0.25) is 0 Å². The fourth-order valence-electron chi connectivity index (χ4n) is 1.25. The molecule has 0 atom stereocenters. The van der Waals surface area contributed by atoms with E-state index in [1.54, 1.807) is 10.9 Å². The first-order chi connectivity index (χ1) is 7.79. The normalized spacial score (nSPS) is 10.1. The fourth-order valence-corrected chi connectivity index (χ4v) is 2.13. The van der Waals surface area contributed by atoms with E-state index < -0.39 is 0 Å². The molecule has 0 fully saturated rings. The van der Waals surface area contributed by atoms with Gasteiger partial charge in [0.15, 0.2) is 0 Å². The number of alkyl halides is 1. The van der Waals surface area contributed by atoms with Gasteiger partial charge in [0.1, 0.15) is 5.69 Å². The van der Waals surface area contributed by atoms with Crippen LogP contribution in [0.25, 0.3) is 0 Å². The molecule has 0 bridgehead atoms. The van der Waals surface area contributed by atoms with Crippen molar-refractivity contribution < 1.29 is 4.79 Å². The average Bonchev–Trinajstić information content (AvgIpc) is 2.83. The monoisotopic (exact) mass is 296 g/mol. The lowest BCUT2D eigenvalue weighted by Gasteiger charge is -2.04. The summed E-state index contributed by atoms with van der Waals surface area (Å²) >= 11 is 4.78. The van der Waals surface area contributed by atoms with Crippen molar-refractivity contribution in [3.8, 4) is 0 Å². The highest BCUT2D eigenvalue weighted by Gasteiger charge is 2.07. The van der Waals surface area contributed by atoms with Crippen LogP contribution in [-0.4, -0.2) is 10.9 Å². The van der Waals surface area contributed by atoms with E-state index in [9.17, 15) is 4.79 Å². The summed E-state index contributed by atoms with van der Waals surface area (Å²) in [5.41, 5.74) is 4.00. The zero-order valence-corrected chi connectivity index (χ0v) is 10.7. The summed E-state index contributed by atoms with van der Waals surface area (Å²) < 4.78 is 0. The summed E-state index contributed by atoms with van der Waals surface area (Å²) in [4.78, 5) is 15.6. The molecular formula is C11H9BrN2OS. The number of benzene rings is 1. The molecule has 2 rings (SSSR count). The Hall–Kier alpha value is -1.20. The van der Waals surface area contributed by atoms with Gasteiger partial charge in [-0.2, -0.15) is 0 Å². The smallest absolute Gasteiger partial charge is 0.275 e. The fraction of sp³-hybridized carbons (Fsp3) is 0.0909. The Morgan fingerprint density at radius 1 is 1.50 bits per heavy atom. The van der Waals surface area contributed by atoms with E-state index in [-0.39, 0.29) is 5.91 Å². The molecule has 16 heavy (non-hydrogen) atoms. The summed E-state index contributed by atoms with van der Waals surface area (Å²) in [6, 6.07) is 7.69. The van der Waals surface area contributed by atoms with Crippen LogP contribution in [0.3, 0.4) is 0 Å². The molecule has 1 N–H and O–H groups in total. The summed E-state index contributed by atoms with van der Waals surface area (Å²) in [5, 5.41) is 5.30. The molecule has 0 spiro atoms. The maximum atomic E-state index is 11.7. The molecule has 2 aromatic rings. The number of nitrogens with one attached hydrogen (secondary N) is 1. The summed E-state index contributed by atoms with van der Waals surface area (Å²) in [6.07, 6.45) is 0. The molecule has 1 amide bonds. The van der Waals surface area contributed by atoms with E-state index in [4.69, 9.17) is 0 Å². The molecule has 0 aliphatic rings. The van der Waals surface area contributed by atoms with Crippen LogP contribution in [0.15, 0.2) is 35.2 Å². The first kappa shape index (κ1) is 11.3. The Morgan fingerprint density at radius 3 is 3.06 bits per heavy atom. The van der Waals surface area contributed by atoms with Gasteiger partial charge in [-0.05, 0) is 17.7 Å². The van der Waals surface area contributed by atoms with E-state index in [1.807, 2.05) is 24.3 Å². The third-order valence-corrected chi connectivity index (χ3v) is 3.24. The first-order valence-electron chi connectivity index (χ1n) is 4.64. The lowest BCUT2D eigenvalue weighted by atomic mass is 10.2. The summed E-state index contributed by atoms with van der Waals surface area (Å²) in [7, 11) is 0. The molecular weight excluding hydrogens is 288 g/mol. The van der Waals surface area contributed by atoms with Crippen LogP contribution in [0, 0.1) is 0 Å². The van der Waals surface area contributed by atoms with Gasteiger partial charge in [-0.1, -0.05) is 28.1 Å². The topological polar surface area (TPSA) is 42.0 Å². The van der Waals surface area contributed by atoms with E-state index in [1.165, 1.54) is 11.3 Å². The van der Waals surface area contributed by atoms with Crippen molar-refractivity contribution in [1.29, 1.82) is 0 Å². The SMILES string of the molecule is O=C(Nc1cccc(CBr)c1)c1cscn1. The van der Waals surface area contributed by atoms with Crippen LogP contribution in [0.2, 0.25) is 0 Å². The number of halogens is 1. The van der Waals surface area contributed by atoms with Gasteiger partial charge in [0.25, 0.3) is 5.91 Å². The highest BCUT2D eigenvalue weighted by atomic mass is 79.9. The molecule has 0 saturated heterocycles. The van der Waals surface area contributed by atoms with Crippen LogP contribution < -0.4 is 5.32 Å². The number of nitrogens with zero attached hydrogens (tertiary/aromatic N) is 1. The number of anilines is 1. The molecule has 1 heterocycles. The van der Waals surface area contributed by atoms with Crippen LogP contribution in [0.1, 0.15) is 16.1 Å². The molecule has 5 heteroatoms. The van der Waals surface area contributed by atoms with Crippen molar-refractivity contribution in [3.05, 3.63) is 46.4 Å². The minimum absolute atomic E-state index is 0.173. The summed E-state index contributed by atoms with van der Waals surface area (Å²) in [6.45, 7) is 0. The average molecular weight is 297 g/mol. The molecule has 0 saturated carbocycles. The molecule has 82 valence electrons. The maximum absolute atomic E-state index is 11.7. The number of carbonyl (C=O) groups excluding carboxylic acids is 1. The quantitative estimate of drug-likeness (QED) is 0.883. The molecule has 0 radical (unpaired) electrons. The van der Waals surface area contributed by atoms with Gasteiger partial charge in [-0.3, -0.25) is 4.79 Å². The van der Waals surface area contributed by atoms with Crippen molar-refractivity contribution in [2.24, 2.45) is 0 Å². The first-order valence-corrected chi connectivity index (χ1v) is 6.70. The molecule has 0 aliphatic carbocycles. The molecule has 1 aromatic carbocycles. The number of amides is 1. The van der Waals surface area contributed by atoms with Crippen molar-refractivity contribution in [2.75, 3.05) is 5.32 Å². The Balaban J connectivity index is 2.12. The predicted molar refractivity (Wildman–Crippen MR) is 69.1 cm³/mol. The van der Waals surface area contributed by atoms with Crippen LogP contribution >= 0.6 is 27.3 Å². The Bertz CT molecular complexity index is 484. The van der Waals surface area contributed by atoms with Crippen LogP contribution in [0.4, 0.5) is 5.69 Å². The van der Waals surface area contributed by atoms with Gasteiger partial charge in [0.05, 0.1) is 5.51 Å². The van der Waals surface area contributed by atoms with Crippen molar-refractivity contribution >= 4 is 38.9 Å². The number of aromatic nitrogens is 1. The number of rotatable bonds is 3. The second-order valence-electron chi connectivity index (χ2n) is 3.16. The van der Waals surface area contributed by atoms with Gasteiger partial charge in [-0.15, -0.1) is 11.3 Å². The highest BCUT2D eigenvalue weighted by Crippen LogP contribution is 2.14. The third kappa shape index (κ3) is 2.68. The predicted octanol–water partition coefficient (Wildman–Crippen LogP) is 3.29. The second kappa shape index (κ2) is 5.23. The minimum atomic E-state index is -0.173. The van der Waals surface area contributed by atoms with E-state index >= 15 is 0 Å². The number of hydrogen-bond acceptors (Lipinski definition) is 3. The van der Waals surface area contributed by atoms with E-state index in [0.717, 1.165) is 16.6 Å². The number of thiazole rings is 1. The lowest BCUT2D eigenvalue weighted by Crippen LogP contribution is -2.12. The molecule has 0 unspecified atom stereocenters. The van der Waals surface area contributed by atoms with E-state index in [2.05, 4.69) is 26.2 Å². The van der Waals surface area contributed by atoms with Gasteiger partial charge in [0, 0.05) is 16.4 Å². The molecule has 0 aliphatic heterocycles. The number of hydrogen-bond donors (Lipinski definition) is 1. The minimum Gasteiger partial charge on any atom is -0.321 e. The standard InChI is InChI=1S/C11H9BrN2OS/c12-5-8-2-1-3-9(4-8)14-11(15)10-6-16-7-13-10/h1-4,6-7H,5H2,(H,14,15). The number of carbonyl (C=O) groups is 1. The zero-order chi connectivity index (χ0) is 11.4. The Kier molecular flexibility index (Phi) is 3.69. The maximum Gasteiger partial charge on any atom is 0.275 e. The van der Waals surface area contributed by atoms with Crippen molar-refractivity contribution in [1.82, 2.24) is 4.98 Å². The van der Waals surface area contributed by atoms with Crippen LogP contribution in [0.5, 0.6) is 0 Å². The second-order valence-corrected chi connectivity index (χ2v) is 4.44. The van der Waals surface area contributed by atoms with Crippen molar-refractivity contribution in [2.45, 2.75) is 5.33 Å². The zero-order valence-electron chi connectivity index (χ0n) is 8.31. The molecule has 3 nitrogen and oxygen atoms in total. The van der Waals surface area contributed by atoms with Gasteiger partial charge in [-0.25, -0.2) is 4.98 Å². The van der Waals surface area contributed by atoms with Crippen molar-refractivity contribution in [3.63, 3.8) is 0 Å². The summed E-state index contributed by atoms with van der Waals surface area (Å²) in [5.74, 6) is -0.173. The largest absolute Gasteiger partial charge is 0.321 e. The third-order valence-electron chi connectivity index (χ3n) is 2.00. The lowest BCUT2D eigenvalue weighted by molar-refractivity contribution is 0.102. The Labute approximate surface area is 106 Å². The van der Waals surface area contributed by atoms with Gasteiger partial charge >= 0.3 is 0 Å². The highest BCUT2D eigenvalue weighted by molar-refractivity contribution is 9.08. The molecule has 1 aromatic heterocycles. The van der Waals surface area contributed by atoms with Crippen LogP contribution in [-0.2, 0) is 5.33 Å². The van der Waals surface area contributed by atoms with E-state index in [0.29, 0.717) is 5.69 Å². The Morgan fingerprint density at radius 2 is 2.38 bits per heavy atom.